The molecule has 2 aromatic rings. The minimum atomic E-state index is -0.0474. The van der Waals surface area contributed by atoms with E-state index in [0.717, 1.165) is 24.8 Å². The molecule has 2 rings (SSSR count). The molecule has 94 valence electrons. The van der Waals surface area contributed by atoms with E-state index in [1.807, 2.05) is 6.07 Å². The molecule has 0 aliphatic carbocycles. The van der Waals surface area contributed by atoms with Crippen LogP contribution in [0.2, 0.25) is 0 Å². The average Bonchev–Trinajstić information content (AvgIpc) is 2.41. The highest BCUT2D eigenvalue weighted by Crippen LogP contribution is 2.29. The van der Waals surface area contributed by atoms with Gasteiger partial charge < -0.3 is 10.2 Å². The molecule has 0 amide bonds. The normalized spacial score (nSPS) is 10.5. The molecule has 2 aromatic carbocycles. The van der Waals surface area contributed by atoms with Crippen LogP contribution in [0.4, 0.5) is 0 Å². The molecule has 0 saturated carbocycles. The van der Waals surface area contributed by atoms with Crippen LogP contribution in [0.15, 0.2) is 42.5 Å². The van der Waals surface area contributed by atoms with Crippen LogP contribution in [-0.2, 0) is 19.3 Å². The molecule has 2 nitrogen and oxygen atoms in total. The first-order chi connectivity index (χ1) is 8.70. The third kappa shape index (κ3) is 2.83. The van der Waals surface area contributed by atoms with Crippen LogP contribution in [0.25, 0.3) is 0 Å². The van der Waals surface area contributed by atoms with Crippen molar-refractivity contribution in [2.24, 2.45) is 0 Å². The van der Waals surface area contributed by atoms with Gasteiger partial charge in [0, 0.05) is 0 Å². The second-order valence-electron chi connectivity index (χ2n) is 4.45. The molecular weight excluding hydrogens is 224 g/mol. The van der Waals surface area contributed by atoms with Crippen LogP contribution in [0.3, 0.4) is 0 Å². The molecular formula is C16H18O2. The van der Waals surface area contributed by atoms with E-state index in [-0.39, 0.29) is 11.5 Å². The zero-order valence-electron chi connectivity index (χ0n) is 10.6. The topological polar surface area (TPSA) is 40.5 Å². The highest BCUT2D eigenvalue weighted by atomic mass is 16.3. The Morgan fingerprint density at radius 3 is 2.17 bits per heavy atom. The molecule has 0 heterocycles. The van der Waals surface area contributed by atoms with E-state index in [1.54, 1.807) is 6.07 Å². The Kier molecular flexibility index (Phi) is 3.88. The Morgan fingerprint density at radius 2 is 1.50 bits per heavy atom. The fraction of sp³-hybridized carbons (Fsp3) is 0.250. The lowest BCUT2D eigenvalue weighted by Crippen LogP contribution is -1.92. The van der Waals surface area contributed by atoms with E-state index in [4.69, 9.17) is 0 Å². The molecule has 0 aromatic heterocycles. The summed E-state index contributed by atoms with van der Waals surface area (Å²) in [6, 6.07) is 13.6. The zero-order chi connectivity index (χ0) is 13.0. The summed E-state index contributed by atoms with van der Waals surface area (Å²) in [4.78, 5) is 0. The molecule has 0 spiro atoms. The lowest BCUT2D eigenvalue weighted by atomic mass is 10.0. The Bertz CT molecular complexity index is 515. The summed E-state index contributed by atoms with van der Waals surface area (Å²) >= 11 is 0. The highest BCUT2D eigenvalue weighted by molar-refractivity contribution is 5.44. The summed E-state index contributed by atoms with van der Waals surface area (Å²) in [5.41, 5.74) is 3.36. The van der Waals surface area contributed by atoms with Crippen molar-refractivity contribution < 1.29 is 10.2 Å². The fourth-order valence-corrected chi connectivity index (χ4v) is 2.00. The molecule has 2 N–H and O–H groups in total. The third-order valence-corrected chi connectivity index (χ3v) is 3.21. The standard InChI is InChI=1S/C16H18O2/c1-2-12-6-8-13(9-7-12)10-11-14-4-3-5-15(17)16(14)18/h3-9,17-18H,2,10-11H2,1H3. The van der Waals surface area contributed by atoms with Crippen LogP contribution in [0, 0.1) is 0 Å². The van der Waals surface area contributed by atoms with Crippen molar-refractivity contribution in [3.05, 3.63) is 59.2 Å². The van der Waals surface area contributed by atoms with Crippen molar-refractivity contribution >= 4 is 0 Å². The van der Waals surface area contributed by atoms with Gasteiger partial charge in [-0.2, -0.15) is 0 Å². The third-order valence-electron chi connectivity index (χ3n) is 3.21. The van der Waals surface area contributed by atoms with E-state index in [1.165, 1.54) is 17.2 Å². The van der Waals surface area contributed by atoms with Crippen LogP contribution < -0.4 is 0 Å². The number of phenols is 2. The van der Waals surface area contributed by atoms with Gasteiger partial charge in [0.1, 0.15) is 0 Å². The maximum absolute atomic E-state index is 9.71. The van der Waals surface area contributed by atoms with Crippen molar-refractivity contribution in [3.8, 4) is 11.5 Å². The second kappa shape index (κ2) is 5.58. The van der Waals surface area contributed by atoms with Crippen LogP contribution in [0.1, 0.15) is 23.6 Å². The summed E-state index contributed by atoms with van der Waals surface area (Å²) in [6.45, 7) is 2.14. The largest absolute Gasteiger partial charge is 0.504 e. The van der Waals surface area contributed by atoms with Crippen LogP contribution in [-0.4, -0.2) is 10.2 Å². The zero-order valence-corrected chi connectivity index (χ0v) is 10.6. The fourth-order valence-electron chi connectivity index (χ4n) is 2.00. The average molecular weight is 242 g/mol. The number of aromatic hydroxyl groups is 2. The number of benzene rings is 2. The maximum atomic E-state index is 9.71. The molecule has 0 unspecified atom stereocenters. The summed E-state index contributed by atoms with van der Waals surface area (Å²) < 4.78 is 0. The lowest BCUT2D eigenvalue weighted by Gasteiger charge is -2.06. The molecule has 0 saturated heterocycles. The van der Waals surface area contributed by atoms with E-state index >= 15 is 0 Å². The number of hydrogen-bond acceptors (Lipinski definition) is 2. The lowest BCUT2D eigenvalue weighted by molar-refractivity contribution is 0.399. The Labute approximate surface area is 108 Å². The molecule has 0 radical (unpaired) electrons. The smallest absolute Gasteiger partial charge is 0.160 e. The van der Waals surface area contributed by atoms with Gasteiger partial charge in [0.25, 0.3) is 0 Å². The molecule has 18 heavy (non-hydrogen) atoms. The second-order valence-corrected chi connectivity index (χ2v) is 4.45. The van der Waals surface area contributed by atoms with Crippen molar-refractivity contribution in [1.82, 2.24) is 0 Å². The first-order valence-electron chi connectivity index (χ1n) is 6.28. The predicted molar refractivity (Wildman–Crippen MR) is 73.0 cm³/mol. The summed E-state index contributed by atoms with van der Waals surface area (Å²) in [5, 5.41) is 19.1. The van der Waals surface area contributed by atoms with Crippen LogP contribution in [0.5, 0.6) is 11.5 Å². The minimum Gasteiger partial charge on any atom is -0.504 e. The van der Waals surface area contributed by atoms with Crippen molar-refractivity contribution in [2.75, 3.05) is 0 Å². The Morgan fingerprint density at radius 1 is 0.833 bits per heavy atom. The van der Waals surface area contributed by atoms with Gasteiger partial charge in [-0.3, -0.25) is 0 Å². The number of hydrogen-bond donors (Lipinski definition) is 2. The van der Waals surface area contributed by atoms with E-state index in [2.05, 4.69) is 31.2 Å². The molecule has 0 atom stereocenters. The summed E-state index contributed by atoms with van der Waals surface area (Å²) in [6.07, 6.45) is 2.64. The van der Waals surface area contributed by atoms with Crippen molar-refractivity contribution in [2.45, 2.75) is 26.2 Å². The summed E-state index contributed by atoms with van der Waals surface area (Å²) in [7, 11) is 0. The highest BCUT2D eigenvalue weighted by Gasteiger charge is 2.05. The number of phenolic OH excluding ortho intramolecular Hbond substituents is 2. The monoisotopic (exact) mass is 242 g/mol. The van der Waals surface area contributed by atoms with Gasteiger partial charge in [-0.1, -0.05) is 43.3 Å². The van der Waals surface area contributed by atoms with Gasteiger partial charge in [-0.15, -0.1) is 0 Å². The molecule has 0 aliphatic rings. The van der Waals surface area contributed by atoms with Crippen molar-refractivity contribution in [1.29, 1.82) is 0 Å². The SMILES string of the molecule is CCc1ccc(CCc2cccc(O)c2O)cc1. The molecule has 0 aliphatic heterocycles. The first kappa shape index (κ1) is 12.5. The van der Waals surface area contributed by atoms with E-state index < -0.39 is 0 Å². The van der Waals surface area contributed by atoms with Crippen molar-refractivity contribution in [3.63, 3.8) is 0 Å². The predicted octanol–water partition coefficient (Wildman–Crippen LogP) is 3.45. The number of aryl methyl sites for hydroxylation is 3. The number of para-hydroxylation sites is 1. The first-order valence-corrected chi connectivity index (χ1v) is 6.28. The van der Waals surface area contributed by atoms with Gasteiger partial charge in [0.2, 0.25) is 0 Å². The van der Waals surface area contributed by atoms with E-state index in [0.29, 0.717) is 0 Å². The Hall–Kier alpha value is -1.96. The quantitative estimate of drug-likeness (QED) is 0.806. The van der Waals surface area contributed by atoms with Gasteiger partial charge in [-0.25, -0.2) is 0 Å². The number of rotatable bonds is 4. The van der Waals surface area contributed by atoms with Gasteiger partial charge in [-0.05, 0) is 42.0 Å². The molecule has 0 fully saturated rings. The van der Waals surface area contributed by atoms with Gasteiger partial charge >= 0.3 is 0 Å². The van der Waals surface area contributed by atoms with Gasteiger partial charge in [0.15, 0.2) is 11.5 Å². The minimum absolute atomic E-state index is 0.00248. The van der Waals surface area contributed by atoms with Crippen LogP contribution >= 0.6 is 0 Å². The van der Waals surface area contributed by atoms with E-state index in [9.17, 15) is 10.2 Å². The Balaban J connectivity index is 2.04. The summed E-state index contributed by atoms with van der Waals surface area (Å²) in [5.74, 6) is -0.0449. The molecule has 2 heteroatoms. The molecule has 0 bridgehead atoms. The maximum Gasteiger partial charge on any atom is 0.160 e. The van der Waals surface area contributed by atoms with Gasteiger partial charge in [0.05, 0.1) is 0 Å².